The monoisotopic (exact) mass is 207 g/mol. The Morgan fingerprint density at radius 3 is 2.85 bits per heavy atom. The van der Waals surface area contributed by atoms with Gasteiger partial charge in [0.15, 0.2) is 0 Å². The summed E-state index contributed by atoms with van der Waals surface area (Å²) in [6.45, 7) is 0.497. The highest BCUT2D eigenvalue weighted by Crippen LogP contribution is 2.18. The number of carbonyl (C=O) groups excluding carboxylic acids is 1. The molecule has 0 saturated carbocycles. The Labute approximate surface area is 82.1 Å². The highest BCUT2D eigenvalue weighted by Gasteiger charge is 2.29. The van der Waals surface area contributed by atoms with E-state index in [1.165, 1.54) is 0 Å². The molecule has 1 fully saturated rings. The van der Waals surface area contributed by atoms with Crippen LogP contribution in [0.4, 0.5) is 0 Å². The lowest BCUT2D eigenvalue weighted by molar-refractivity contribution is -0.129. The summed E-state index contributed by atoms with van der Waals surface area (Å²) < 4.78 is 0. The first-order chi connectivity index (χ1) is 6.17. The second-order valence-corrected chi connectivity index (χ2v) is 3.67. The number of aliphatic hydroxyl groups excluding tert-OH is 2. The number of rotatable bonds is 4. The van der Waals surface area contributed by atoms with Gasteiger partial charge in [0.25, 0.3) is 0 Å². The third-order valence-corrected chi connectivity index (χ3v) is 2.59. The van der Waals surface area contributed by atoms with E-state index in [-0.39, 0.29) is 25.0 Å². The molecule has 0 spiro atoms. The molecule has 0 aliphatic carbocycles. The fourth-order valence-corrected chi connectivity index (χ4v) is 1.65. The number of hydrogen-bond donors (Lipinski definition) is 2. The zero-order chi connectivity index (χ0) is 9.84. The molecule has 0 bridgehead atoms. The fourth-order valence-electron chi connectivity index (χ4n) is 1.45. The van der Waals surface area contributed by atoms with Crippen molar-refractivity contribution in [1.82, 2.24) is 4.90 Å². The summed E-state index contributed by atoms with van der Waals surface area (Å²) in [4.78, 5) is 12.8. The summed E-state index contributed by atoms with van der Waals surface area (Å²) in [6, 6.07) is 0. The van der Waals surface area contributed by atoms with Crippen LogP contribution in [0.25, 0.3) is 0 Å². The third-order valence-electron chi connectivity index (χ3n) is 2.15. The highest BCUT2D eigenvalue weighted by atomic mass is 35.5. The van der Waals surface area contributed by atoms with Crippen LogP contribution in [0.1, 0.15) is 6.42 Å². The van der Waals surface area contributed by atoms with E-state index in [0.717, 1.165) is 0 Å². The summed E-state index contributed by atoms with van der Waals surface area (Å²) in [7, 11) is 0. The Bertz CT molecular complexity index is 188. The summed E-state index contributed by atoms with van der Waals surface area (Å²) in [5, 5.41) is 17.7. The Hall–Kier alpha value is -0.320. The first kappa shape index (κ1) is 10.8. The number of carbonyl (C=O) groups is 1. The molecule has 2 N–H and O–H groups in total. The minimum Gasteiger partial charge on any atom is -0.394 e. The minimum atomic E-state index is -0.835. The number of alkyl halides is 1. The van der Waals surface area contributed by atoms with Crippen molar-refractivity contribution in [3.63, 3.8) is 0 Å². The van der Waals surface area contributed by atoms with Gasteiger partial charge in [0.1, 0.15) is 0 Å². The minimum absolute atomic E-state index is 0.0122. The van der Waals surface area contributed by atoms with Crippen molar-refractivity contribution in [2.75, 3.05) is 25.6 Å². The van der Waals surface area contributed by atoms with E-state index < -0.39 is 6.10 Å². The van der Waals surface area contributed by atoms with Crippen molar-refractivity contribution in [3.8, 4) is 0 Å². The topological polar surface area (TPSA) is 60.8 Å². The number of halogens is 1. The van der Waals surface area contributed by atoms with Crippen molar-refractivity contribution in [2.45, 2.75) is 12.5 Å². The summed E-state index contributed by atoms with van der Waals surface area (Å²) in [5.41, 5.74) is 0. The maximum Gasteiger partial charge on any atom is 0.223 e. The molecule has 1 amide bonds. The lowest BCUT2D eigenvalue weighted by Crippen LogP contribution is -2.35. The van der Waals surface area contributed by atoms with Crippen molar-refractivity contribution in [1.29, 1.82) is 0 Å². The van der Waals surface area contributed by atoms with Gasteiger partial charge in [0.2, 0.25) is 5.91 Å². The predicted octanol–water partition coefficient (Wildman–Crippen LogP) is -0.573. The van der Waals surface area contributed by atoms with E-state index in [1.54, 1.807) is 4.90 Å². The third kappa shape index (κ3) is 2.83. The normalized spacial score (nSPS) is 25.3. The highest BCUT2D eigenvalue weighted by molar-refractivity contribution is 6.18. The van der Waals surface area contributed by atoms with Crippen LogP contribution in [0.5, 0.6) is 0 Å². The van der Waals surface area contributed by atoms with Crippen LogP contribution in [0, 0.1) is 5.92 Å². The second-order valence-electron chi connectivity index (χ2n) is 3.36. The van der Waals surface area contributed by atoms with Gasteiger partial charge < -0.3 is 15.1 Å². The number of hydrogen-bond acceptors (Lipinski definition) is 3. The standard InChI is InChI=1S/C8H14ClNO3/c9-2-6-1-8(13)10(3-6)4-7(12)5-11/h6-7,11-12H,1-5H2. The molecule has 5 heteroatoms. The molecule has 2 atom stereocenters. The Kier molecular flexibility index (Phi) is 3.96. The van der Waals surface area contributed by atoms with Crippen LogP contribution < -0.4 is 0 Å². The van der Waals surface area contributed by atoms with Crippen molar-refractivity contribution >= 4 is 17.5 Å². The van der Waals surface area contributed by atoms with Crippen LogP contribution in [0.2, 0.25) is 0 Å². The zero-order valence-corrected chi connectivity index (χ0v) is 8.07. The molecule has 0 aromatic rings. The zero-order valence-electron chi connectivity index (χ0n) is 7.32. The smallest absolute Gasteiger partial charge is 0.223 e. The largest absolute Gasteiger partial charge is 0.394 e. The molecule has 0 aromatic heterocycles. The van der Waals surface area contributed by atoms with Gasteiger partial charge in [-0.3, -0.25) is 4.79 Å². The molecular weight excluding hydrogens is 194 g/mol. The van der Waals surface area contributed by atoms with Gasteiger partial charge >= 0.3 is 0 Å². The molecule has 1 heterocycles. The van der Waals surface area contributed by atoms with Crippen molar-refractivity contribution < 1.29 is 15.0 Å². The van der Waals surface area contributed by atoms with Crippen LogP contribution in [-0.4, -0.2) is 52.7 Å². The molecular formula is C8H14ClNO3. The average molecular weight is 208 g/mol. The Morgan fingerprint density at radius 1 is 1.69 bits per heavy atom. The van der Waals surface area contributed by atoms with Gasteiger partial charge in [-0.2, -0.15) is 0 Å². The molecule has 1 saturated heterocycles. The summed E-state index contributed by atoms with van der Waals surface area (Å²) in [5.74, 6) is 0.676. The summed E-state index contributed by atoms with van der Waals surface area (Å²) in [6.07, 6.45) is -0.375. The summed E-state index contributed by atoms with van der Waals surface area (Å²) >= 11 is 5.62. The number of β-amino-alcohol motifs (C(OH)–C–C–N with tert-alkyl or cyclic N) is 1. The maximum absolute atomic E-state index is 11.3. The van der Waals surface area contributed by atoms with Crippen molar-refractivity contribution in [2.24, 2.45) is 5.92 Å². The van der Waals surface area contributed by atoms with Gasteiger partial charge in [0, 0.05) is 25.4 Å². The van der Waals surface area contributed by atoms with E-state index in [2.05, 4.69) is 0 Å². The van der Waals surface area contributed by atoms with Gasteiger partial charge in [-0.1, -0.05) is 0 Å². The van der Waals surface area contributed by atoms with Crippen LogP contribution in [0.3, 0.4) is 0 Å². The van der Waals surface area contributed by atoms with E-state index >= 15 is 0 Å². The molecule has 1 rings (SSSR count). The number of nitrogens with zero attached hydrogens (tertiary/aromatic N) is 1. The first-order valence-electron chi connectivity index (χ1n) is 4.30. The first-order valence-corrected chi connectivity index (χ1v) is 4.83. The Morgan fingerprint density at radius 2 is 2.38 bits per heavy atom. The molecule has 0 radical (unpaired) electrons. The maximum atomic E-state index is 11.3. The second kappa shape index (κ2) is 4.79. The SMILES string of the molecule is O=C1CC(CCl)CN1CC(O)CO. The van der Waals surface area contributed by atoms with E-state index in [1.807, 2.05) is 0 Å². The van der Waals surface area contributed by atoms with Crippen LogP contribution >= 0.6 is 11.6 Å². The van der Waals surface area contributed by atoms with Crippen molar-refractivity contribution in [3.05, 3.63) is 0 Å². The molecule has 1 aliphatic rings. The van der Waals surface area contributed by atoms with E-state index in [0.29, 0.717) is 18.8 Å². The van der Waals surface area contributed by atoms with Crippen LogP contribution in [0.15, 0.2) is 0 Å². The molecule has 0 aromatic carbocycles. The molecule has 4 nitrogen and oxygen atoms in total. The van der Waals surface area contributed by atoms with Crippen LogP contribution in [-0.2, 0) is 4.79 Å². The Balaban J connectivity index is 2.39. The molecule has 76 valence electrons. The molecule has 13 heavy (non-hydrogen) atoms. The van der Waals surface area contributed by atoms with E-state index in [4.69, 9.17) is 21.8 Å². The fraction of sp³-hybridized carbons (Fsp3) is 0.875. The van der Waals surface area contributed by atoms with Gasteiger partial charge in [-0.15, -0.1) is 11.6 Å². The van der Waals surface area contributed by atoms with Gasteiger partial charge in [-0.05, 0) is 5.92 Å². The molecule has 1 aliphatic heterocycles. The lowest BCUT2D eigenvalue weighted by atomic mass is 10.1. The predicted molar refractivity (Wildman–Crippen MR) is 48.5 cm³/mol. The number of likely N-dealkylation sites (tertiary alicyclic amines) is 1. The number of amides is 1. The van der Waals surface area contributed by atoms with E-state index in [9.17, 15) is 4.79 Å². The molecule has 2 unspecified atom stereocenters. The van der Waals surface area contributed by atoms with Gasteiger partial charge in [-0.25, -0.2) is 0 Å². The van der Waals surface area contributed by atoms with Gasteiger partial charge in [0.05, 0.1) is 12.7 Å². The number of aliphatic hydroxyl groups is 2. The quantitative estimate of drug-likeness (QED) is 0.607. The average Bonchev–Trinajstić information content (AvgIpc) is 2.47. The lowest BCUT2D eigenvalue weighted by Gasteiger charge is -2.18.